The first-order valence-corrected chi connectivity index (χ1v) is 16.5. The molecule has 0 aromatic carbocycles. The van der Waals surface area contributed by atoms with Crippen molar-refractivity contribution in [2.24, 2.45) is 11.3 Å². The lowest BCUT2D eigenvalue weighted by Gasteiger charge is -2.46. The fourth-order valence-corrected chi connectivity index (χ4v) is 5.75. The number of rotatable bonds is 12. The van der Waals surface area contributed by atoms with Crippen LogP contribution in [-0.2, 0) is 0 Å². The smallest absolute Gasteiger partial charge is 0.162 e. The lowest BCUT2D eigenvalue weighted by Crippen LogP contribution is -2.55. The van der Waals surface area contributed by atoms with Crippen molar-refractivity contribution in [1.82, 2.24) is 25.3 Å². The molecule has 2 N–H and O–H groups in total. The maximum Gasteiger partial charge on any atom is 0.162 e. The average molecular weight is 598 g/mol. The van der Waals surface area contributed by atoms with Crippen molar-refractivity contribution in [1.29, 1.82) is 0 Å². The van der Waals surface area contributed by atoms with Crippen LogP contribution in [0.2, 0.25) is 0 Å². The second-order valence-electron chi connectivity index (χ2n) is 12.4. The zero-order chi connectivity index (χ0) is 32.4. The molecule has 0 aliphatic carbocycles. The highest BCUT2D eigenvalue weighted by molar-refractivity contribution is 5.94. The van der Waals surface area contributed by atoms with Gasteiger partial charge in [-0.1, -0.05) is 80.2 Å². The third kappa shape index (κ3) is 8.12. The highest BCUT2D eigenvalue weighted by Gasteiger charge is 2.37. The van der Waals surface area contributed by atoms with E-state index >= 15 is 0 Å². The van der Waals surface area contributed by atoms with Gasteiger partial charge in [-0.15, -0.1) is 0 Å². The summed E-state index contributed by atoms with van der Waals surface area (Å²) in [5.74, 6) is 3.14. The van der Waals surface area contributed by atoms with E-state index in [9.17, 15) is 0 Å². The Bertz CT molecular complexity index is 1440. The Hall–Kier alpha value is -3.58. The van der Waals surface area contributed by atoms with E-state index in [2.05, 4.69) is 87.1 Å². The molecule has 1 saturated heterocycles. The molecule has 1 fully saturated rings. The SMILES string of the molecule is C=C(/C=C\C(=C)C(C)CC)Nc1cc(-c2nc(N(CC)C3CCNCC3(C)C)c3c(C(C)CC)cncc3n2)ccn1.CC. The topological polar surface area (TPSA) is 78.9 Å². The number of allylic oxidation sites excluding steroid dienone is 3. The summed E-state index contributed by atoms with van der Waals surface area (Å²) in [4.78, 5) is 22.1. The van der Waals surface area contributed by atoms with Crippen LogP contribution in [0.3, 0.4) is 0 Å². The van der Waals surface area contributed by atoms with Gasteiger partial charge in [-0.3, -0.25) is 4.98 Å². The third-order valence-electron chi connectivity index (χ3n) is 8.88. The molecule has 7 nitrogen and oxygen atoms in total. The van der Waals surface area contributed by atoms with Crippen molar-refractivity contribution < 1.29 is 0 Å². The molecule has 1 aliphatic heterocycles. The van der Waals surface area contributed by atoms with E-state index in [0.29, 0.717) is 29.5 Å². The number of nitrogens with zero attached hydrogens (tertiary/aromatic N) is 5. The Labute approximate surface area is 266 Å². The molecule has 238 valence electrons. The number of anilines is 2. The van der Waals surface area contributed by atoms with E-state index < -0.39 is 0 Å². The second kappa shape index (κ2) is 15.9. The predicted molar refractivity (Wildman–Crippen MR) is 189 cm³/mol. The molecular formula is C37H55N7. The van der Waals surface area contributed by atoms with Gasteiger partial charge in [0, 0.05) is 48.2 Å². The van der Waals surface area contributed by atoms with Crippen LogP contribution in [0.25, 0.3) is 22.3 Å². The van der Waals surface area contributed by atoms with E-state index in [1.807, 2.05) is 50.5 Å². The molecule has 4 heterocycles. The van der Waals surface area contributed by atoms with Crippen LogP contribution in [0.1, 0.15) is 93.1 Å². The zero-order valence-electron chi connectivity index (χ0n) is 28.7. The lowest BCUT2D eigenvalue weighted by molar-refractivity contribution is 0.211. The van der Waals surface area contributed by atoms with Crippen LogP contribution in [0.15, 0.2) is 67.3 Å². The van der Waals surface area contributed by atoms with Gasteiger partial charge < -0.3 is 15.5 Å². The third-order valence-corrected chi connectivity index (χ3v) is 8.88. The highest BCUT2D eigenvalue weighted by Crippen LogP contribution is 2.39. The minimum absolute atomic E-state index is 0.0944. The molecule has 3 unspecified atom stereocenters. The van der Waals surface area contributed by atoms with Crippen molar-refractivity contribution in [2.45, 2.75) is 93.5 Å². The molecule has 7 heteroatoms. The maximum absolute atomic E-state index is 5.33. The first-order valence-electron chi connectivity index (χ1n) is 16.5. The van der Waals surface area contributed by atoms with Crippen molar-refractivity contribution in [3.8, 4) is 11.4 Å². The van der Waals surface area contributed by atoms with Crippen molar-refractivity contribution >= 4 is 22.5 Å². The predicted octanol–water partition coefficient (Wildman–Crippen LogP) is 8.93. The molecule has 0 saturated carbocycles. The summed E-state index contributed by atoms with van der Waals surface area (Å²) in [7, 11) is 0. The number of hydrogen-bond donors (Lipinski definition) is 2. The highest BCUT2D eigenvalue weighted by atomic mass is 15.2. The number of aromatic nitrogens is 4. The molecule has 3 atom stereocenters. The molecule has 3 aromatic heterocycles. The zero-order valence-corrected chi connectivity index (χ0v) is 28.7. The summed E-state index contributed by atoms with van der Waals surface area (Å²) in [6, 6.07) is 4.31. The number of hydrogen-bond acceptors (Lipinski definition) is 7. The van der Waals surface area contributed by atoms with Gasteiger partial charge in [-0.25, -0.2) is 15.0 Å². The van der Waals surface area contributed by atoms with Gasteiger partial charge in [0.05, 0.1) is 11.7 Å². The van der Waals surface area contributed by atoms with E-state index in [1.165, 1.54) is 5.56 Å². The molecule has 0 amide bonds. The maximum atomic E-state index is 5.33. The summed E-state index contributed by atoms with van der Waals surface area (Å²) in [5, 5.41) is 8.04. The van der Waals surface area contributed by atoms with Crippen LogP contribution in [0.5, 0.6) is 0 Å². The molecule has 3 aromatic rings. The van der Waals surface area contributed by atoms with Gasteiger partial charge in [0.25, 0.3) is 0 Å². The Morgan fingerprint density at radius 3 is 2.52 bits per heavy atom. The van der Waals surface area contributed by atoms with Crippen LogP contribution in [-0.4, -0.2) is 45.6 Å². The van der Waals surface area contributed by atoms with Gasteiger partial charge in [0.15, 0.2) is 5.82 Å². The monoisotopic (exact) mass is 597 g/mol. The number of pyridine rings is 2. The first-order chi connectivity index (χ1) is 21.1. The lowest BCUT2D eigenvalue weighted by atomic mass is 9.79. The Balaban J connectivity index is 0.00000259. The molecule has 0 spiro atoms. The van der Waals surface area contributed by atoms with Crippen molar-refractivity contribution in [3.05, 3.63) is 72.9 Å². The van der Waals surface area contributed by atoms with Gasteiger partial charge in [-0.05, 0) is 73.8 Å². The van der Waals surface area contributed by atoms with E-state index in [1.54, 1.807) is 6.20 Å². The summed E-state index contributed by atoms with van der Waals surface area (Å²) in [6.45, 7) is 31.0. The van der Waals surface area contributed by atoms with E-state index in [4.69, 9.17) is 9.97 Å². The minimum atomic E-state index is 0.0944. The minimum Gasteiger partial charge on any atom is -0.353 e. The Morgan fingerprint density at radius 1 is 1.11 bits per heavy atom. The fraction of sp³-hybridized carbons (Fsp3) is 0.514. The number of nitrogens with one attached hydrogen (secondary N) is 2. The van der Waals surface area contributed by atoms with Gasteiger partial charge in [0.2, 0.25) is 0 Å². The molecule has 0 radical (unpaired) electrons. The molecule has 4 rings (SSSR count). The van der Waals surface area contributed by atoms with Crippen molar-refractivity contribution in [3.63, 3.8) is 0 Å². The second-order valence-corrected chi connectivity index (χ2v) is 12.4. The van der Waals surface area contributed by atoms with Crippen LogP contribution in [0.4, 0.5) is 11.6 Å². The normalized spacial score (nSPS) is 17.4. The van der Waals surface area contributed by atoms with Crippen LogP contribution in [0, 0.1) is 11.3 Å². The molecule has 0 bridgehead atoms. The largest absolute Gasteiger partial charge is 0.353 e. The fourth-order valence-electron chi connectivity index (χ4n) is 5.75. The average Bonchev–Trinajstić information content (AvgIpc) is 3.04. The summed E-state index contributed by atoms with van der Waals surface area (Å²) in [6.07, 6.45) is 12.8. The molecular weight excluding hydrogens is 542 g/mol. The summed E-state index contributed by atoms with van der Waals surface area (Å²) < 4.78 is 0. The quantitative estimate of drug-likeness (QED) is 0.202. The summed E-state index contributed by atoms with van der Waals surface area (Å²) >= 11 is 0. The van der Waals surface area contributed by atoms with E-state index in [0.717, 1.165) is 72.5 Å². The summed E-state index contributed by atoms with van der Waals surface area (Å²) in [5.41, 5.74) is 4.91. The van der Waals surface area contributed by atoms with Crippen molar-refractivity contribution in [2.75, 3.05) is 29.9 Å². The van der Waals surface area contributed by atoms with E-state index in [-0.39, 0.29) is 5.41 Å². The standard InChI is InChI=1S/C35H49N7.C2H6/c1-10-23(4)25(6)13-14-26(7)39-31-19-27(15-18-38-31)33-40-29-21-37-20-28(24(5)11-2)32(29)34(41-33)42(12-3)30-16-17-36-22-35(30,8)9;1-2/h13-15,18-21,23-24,30,36H,6-7,10-12,16-17,22H2,1-5,8-9H3,(H,38,39);1-2H3/b14-13-;. The molecule has 44 heavy (non-hydrogen) atoms. The number of piperidine rings is 1. The number of fused-ring (bicyclic) bond motifs is 1. The first kappa shape index (κ1) is 34.9. The Morgan fingerprint density at radius 2 is 1.86 bits per heavy atom. The van der Waals surface area contributed by atoms with Gasteiger partial charge in [0.1, 0.15) is 11.6 Å². The van der Waals surface area contributed by atoms with Crippen LogP contribution >= 0.6 is 0 Å². The van der Waals surface area contributed by atoms with Gasteiger partial charge in [-0.2, -0.15) is 0 Å². The Kier molecular flexibility index (Phi) is 12.6. The molecule has 1 aliphatic rings. The van der Waals surface area contributed by atoms with Gasteiger partial charge >= 0.3 is 0 Å². The van der Waals surface area contributed by atoms with Crippen LogP contribution < -0.4 is 15.5 Å².